The van der Waals surface area contributed by atoms with Gasteiger partial charge in [0.15, 0.2) is 0 Å². The molecule has 9 heteroatoms. The van der Waals surface area contributed by atoms with Crippen LogP contribution in [0.5, 0.6) is 0 Å². The van der Waals surface area contributed by atoms with Gasteiger partial charge in [0.2, 0.25) is 0 Å². The number of rotatable bonds is 3. The van der Waals surface area contributed by atoms with Gasteiger partial charge >= 0.3 is 0 Å². The normalized spacial score (nSPS) is 16.8. The fourth-order valence-corrected chi connectivity index (χ4v) is 3.02. The first kappa shape index (κ1) is 19.1. The number of hydrogen-bond donors (Lipinski definition) is 1. The van der Waals surface area contributed by atoms with Crippen molar-refractivity contribution >= 4 is 35.6 Å². The lowest BCUT2D eigenvalue weighted by Gasteiger charge is -2.36. The number of amides is 1. The number of nitrogens with one attached hydrogen (secondary N) is 1. The summed E-state index contributed by atoms with van der Waals surface area (Å²) in [6, 6.07) is 7.49. The van der Waals surface area contributed by atoms with Crippen LogP contribution in [0.4, 0.5) is 5.69 Å². The molecule has 1 aliphatic heterocycles. The number of non-ortho nitro benzene ring substituents is 1. The van der Waals surface area contributed by atoms with Crippen LogP contribution in [0.15, 0.2) is 42.7 Å². The largest absolute Gasteiger partial charge is 0.329 e. The molecule has 1 aromatic heterocycles. The molecule has 132 valence electrons. The summed E-state index contributed by atoms with van der Waals surface area (Å²) < 4.78 is 0. The van der Waals surface area contributed by atoms with E-state index in [9.17, 15) is 14.9 Å². The van der Waals surface area contributed by atoms with Gasteiger partial charge in [-0.1, -0.05) is 17.7 Å². The minimum absolute atomic E-state index is 0. The highest BCUT2D eigenvalue weighted by molar-refractivity contribution is 6.31. The fraction of sp³-hybridized carbons (Fsp3) is 0.250. The Labute approximate surface area is 155 Å². The quantitative estimate of drug-likeness (QED) is 0.651. The van der Waals surface area contributed by atoms with Crippen LogP contribution in [-0.4, -0.2) is 40.3 Å². The van der Waals surface area contributed by atoms with Crippen LogP contribution in [0.3, 0.4) is 0 Å². The number of halogens is 2. The smallest absolute Gasteiger partial charge is 0.271 e. The molecule has 1 amide bonds. The molecule has 1 N–H and O–H groups in total. The zero-order valence-electron chi connectivity index (χ0n) is 13.1. The number of hydrogen-bond acceptors (Lipinski definition) is 5. The number of carbonyl (C=O) groups is 1. The van der Waals surface area contributed by atoms with E-state index in [1.165, 1.54) is 18.2 Å². The van der Waals surface area contributed by atoms with E-state index in [1.807, 2.05) is 12.1 Å². The Morgan fingerprint density at radius 2 is 2.20 bits per heavy atom. The Morgan fingerprint density at radius 1 is 1.40 bits per heavy atom. The van der Waals surface area contributed by atoms with Gasteiger partial charge in [-0.05, 0) is 17.7 Å². The highest BCUT2D eigenvalue weighted by Gasteiger charge is 2.29. The van der Waals surface area contributed by atoms with Gasteiger partial charge in [0.25, 0.3) is 11.6 Å². The summed E-state index contributed by atoms with van der Waals surface area (Å²) in [5, 5.41) is 14.4. The van der Waals surface area contributed by atoms with Crippen molar-refractivity contribution in [3.63, 3.8) is 0 Å². The predicted octanol–water partition coefficient (Wildman–Crippen LogP) is 2.85. The van der Waals surface area contributed by atoms with Crippen molar-refractivity contribution < 1.29 is 9.72 Å². The molecule has 1 unspecified atom stereocenters. The second kappa shape index (κ2) is 8.24. The summed E-state index contributed by atoms with van der Waals surface area (Å²) in [5.41, 5.74) is 0.929. The first-order valence-electron chi connectivity index (χ1n) is 7.43. The molecule has 2 heterocycles. The summed E-state index contributed by atoms with van der Waals surface area (Å²) in [4.78, 5) is 29.1. The Kier molecular flexibility index (Phi) is 6.30. The molecule has 3 rings (SSSR count). The molecule has 25 heavy (non-hydrogen) atoms. The minimum Gasteiger partial charge on any atom is -0.329 e. The number of nitro groups is 1. The number of nitro benzene ring substituents is 1. The number of benzene rings is 1. The molecule has 1 saturated heterocycles. The zero-order chi connectivity index (χ0) is 17.1. The number of nitrogens with zero attached hydrogens (tertiary/aromatic N) is 3. The number of piperazine rings is 1. The highest BCUT2D eigenvalue weighted by atomic mass is 35.5. The number of aromatic nitrogens is 1. The van der Waals surface area contributed by atoms with Crippen molar-refractivity contribution in [2.75, 3.05) is 19.6 Å². The summed E-state index contributed by atoms with van der Waals surface area (Å²) in [6.45, 7) is 1.75. The molecule has 1 atom stereocenters. The molecule has 0 bridgehead atoms. The number of carbonyl (C=O) groups excluding carboxylic acids is 1. The second-order valence-electron chi connectivity index (χ2n) is 5.46. The molecule has 0 spiro atoms. The predicted molar refractivity (Wildman–Crippen MR) is 96.2 cm³/mol. The van der Waals surface area contributed by atoms with E-state index in [4.69, 9.17) is 11.6 Å². The molecule has 1 aromatic carbocycles. The van der Waals surface area contributed by atoms with E-state index in [0.29, 0.717) is 19.6 Å². The lowest BCUT2D eigenvalue weighted by atomic mass is 10.0. The molecule has 1 fully saturated rings. The topological polar surface area (TPSA) is 88.4 Å². The van der Waals surface area contributed by atoms with E-state index < -0.39 is 4.92 Å². The lowest BCUT2D eigenvalue weighted by Crippen LogP contribution is -2.48. The molecule has 0 radical (unpaired) electrons. The van der Waals surface area contributed by atoms with E-state index in [0.717, 1.165) is 5.56 Å². The van der Waals surface area contributed by atoms with E-state index in [1.54, 1.807) is 17.3 Å². The van der Waals surface area contributed by atoms with Crippen molar-refractivity contribution in [3.8, 4) is 0 Å². The molecule has 7 nitrogen and oxygen atoms in total. The minimum atomic E-state index is -0.557. The van der Waals surface area contributed by atoms with Crippen molar-refractivity contribution in [3.05, 3.63) is 69.0 Å². The van der Waals surface area contributed by atoms with Crippen molar-refractivity contribution in [2.45, 2.75) is 6.04 Å². The summed E-state index contributed by atoms with van der Waals surface area (Å²) >= 11 is 5.93. The van der Waals surface area contributed by atoms with Crippen LogP contribution >= 0.6 is 24.0 Å². The van der Waals surface area contributed by atoms with Crippen LogP contribution in [0, 0.1) is 10.1 Å². The van der Waals surface area contributed by atoms with Crippen molar-refractivity contribution in [1.29, 1.82) is 0 Å². The summed E-state index contributed by atoms with van der Waals surface area (Å²) in [5.74, 6) is -0.282. The van der Waals surface area contributed by atoms with Crippen molar-refractivity contribution in [2.24, 2.45) is 0 Å². The van der Waals surface area contributed by atoms with Gasteiger partial charge in [0.1, 0.15) is 0 Å². The maximum absolute atomic E-state index is 12.9. The average Bonchev–Trinajstić information content (AvgIpc) is 2.61. The zero-order valence-corrected chi connectivity index (χ0v) is 14.7. The van der Waals surface area contributed by atoms with Crippen LogP contribution in [0.1, 0.15) is 22.0 Å². The third kappa shape index (κ3) is 4.25. The average molecular weight is 383 g/mol. The maximum Gasteiger partial charge on any atom is 0.271 e. The number of pyridine rings is 1. The van der Waals surface area contributed by atoms with Crippen molar-refractivity contribution in [1.82, 2.24) is 15.2 Å². The monoisotopic (exact) mass is 382 g/mol. The van der Waals surface area contributed by atoms with Gasteiger partial charge in [-0.15, -0.1) is 12.4 Å². The lowest BCUT2D eigenvalue weighted by molar-refractivity contribution is -0.384. The van der Waals surface area contributed by atoms with Crippen LogP contribution in [0.25, 0.3) is 0 Å². The van der Waals surface area contributed by atoms with Gasteiger partial charge in [0, 0.05) is 54.7 Å². The fourth-order valence-electron chi connectivity index (χ4n) is 2.79. The van der Waals surface area contributed by atoms with Gasteiger partial charge in [-0.3, -0.25) is 19.9 Å². The first-order valence-corrected chi connectivity index (χ1v) is 7.80. The van der Waals surface area contributed by atoms with E-state index in [2.05, 4.69) is 10.3 Å². The standard InChI is InChI=1S/C16H15ClN4O3.ClH/c17-13-6-12(7-14(8-13)21(23)24)16(22)20-5-4-19-10-15(20)11-2-1-3-18-9-11;/h1-3,6-9,15,19H,4-5,10H2;1H. The summed E-state index contributed by atoms with van der Waals surface area (Å²) in [7, 11) is 0. The molecular formula is C16H16Cl2N4O3. The Bertz CT molecular complexity index is 773. The Balaban J connectivity index is 0.00000225. The van der Waals surface area contributed by atoms with Crippen LogP contribution in [-0.2, 0) is 0 Å². The summed E-state index contributed by atoms with van der Waals surface area (Å²) in [6.07, 6.45) is 3.39. The third-order valence-corrected chi connectivity index (χ3v) is 4.13. The highest BCUT2D eigenvalue weighted by Crippen LogP contribution is 2.27. The molecule has 0 saturated carbocycles. The second-order valence-corrected chi connectivity index (χ2v) is 5.90. The van der Waals surface area contributed by atoms with Gasteiger partial charge in [-0.25, -0.2) is 0 Å². The first-order chi connectivity index (χ1) is 11.6. The third-order valence-electron chi connectivity index (χ3n) is 3.91. The van der Waals surface area contributed by atoms with Gasteiger partial charge in [0.05, 0.1) is 11.0 Å². The SMILES string of the molecule is Cl.O=C(c1cc(Cl)cc([N+](=O)[O-])c1)N1CCNCC1c1cccnc1. The Hall–Kier alpha value is -2.22. The van der Waals surface area contributed by atoms with E-state index >= 15 is 0 Å². The van der Waals surface area contributed by atoms with Gasteiger partial charge in [-0.2, -0.15) is 0 Å². The molecular weight excluding hydrogens is 367 g/mol. The van der Waals surface area contributed by atoms with Crippen LogP contribution < -0.4 is 5.32 Å². The Morgan fingerprint density at radius 3 is 2.88 bits per heavy atom. The van der Waals surface area contributed by atoms with Gasteiger partial charge < -0.3 is 10.2 Å². The van der Waals surface area contributed by atoms with E-state index in [-0.39, 0.29) is 40.6 Å². The molecule has 1 aliphatic rings. The van der Waals surface area contributed by atoms with Crippen LogP contribution in [0.2, 0.25) is 5.02 Å². The molecule has 2 aromatic rings. The maximum atomic E-state index is 12.9. The molecule has 0 aliphatic carbocycles.